The summed E-state index contributed by atoms with van der Waals surface area (Å²) in [6, 6.07) is 0. The standard InChI is InChI=1S/C4H13N2O4P/c5-1-4-10-11(8,9)6-2-3-7/h7H,1-5H2,(H2,6,8,9). The molecule has 0 aliphatic heterocycles. The normalized spacial score (nSPS) is 16.3. The van der Waals surface area contributed by atoms with Crippen molar-refractivity contribution in [3.8, 4) is 0 Å². The van der Waals surface area contributed by atoms with Crippen molar-refractivity contribution in [3.05, 3.63) is 0 Å². The quantitative estimate of drug-likeness (QED) is 0.380. The third-order valence-electron chi connectivity index (χ3n) is 0.808. The first-order valence-corrected chi connectivity index (χ1v) is 4.73. The van der Waals surface area contributed by atoms with E-state index in [2.05, 4.69) is 9.61 Å². The lowest BCUT2D eigenvalue weighted by molar-refractivity contribution is 0.246. The molecule has 0 rings (SSSR count). The molecule has 0 aromatic heterocycles. The molecule has 0 aliphatic rings. The molecule has 1 unspecified atom stereocenters. The summed E-state index contributed by atoms with van der Waals surface area (Å²) >= 11 is 0. The summed E-state index contributed by atoms with van der Waals surface area (Å²) in [6.45, 7) is 0.0203. The third kappa shape index (κ3) is 6.43. The van der Waals surface area contributed by atoms with Crippen molar-refractivity contribution in [2.45, 2.75) is 0 Å². The molecule has 0 saturated heterocycles. The van der Waals surface area contributed by atoms with Crippen molar-refractivity contribution in [1.82, 2.24) is 5.09 Å². The van der Waals surface area contributed by atoms with Crippen LogP contribution in [0.25, 0.3) is 0 Å². The van der Waals surface area contributed by atoms with Gasteiger partial charge in [-0.1, -0.05) is 0 Å². The number of hydrogen-bond acceptors (Lipinski definition) is 4. The lowest BCUT2D eigenvalue weighted by Gasteiger charge is -2.10. The Morgan fingerprint density at radius 3 is 2.73 bits per heavy atom. The second-order valence-corrected chi connectivity index (χ2v) is 3.39. The average Bonchev–Trinajstić information content (AvgIpc) is 1.97. The molecule has 0 radical (unpaired) electrons. The average molecular weight is 184 g/mol. The van der Waals surface area contributed by atoms with Gasteiger partial charge in [0, 0.05) is 13.1 Å². The second-order valence-electron chi connectivity index (χ2n) is 1.77. The number of nitrogens with two attached hydrogens (primary N) is 1. The molecule has 6 nitrogen and oxygen atoms in total. The molecule has 5 N–H and O–H groups in total. The van der Waals surface area contributed by atoms with E-state index in [0.29, 0.717) is 0 Å². The van der Waals surface area contributed by atoms with Gasteiger partial charge in [-0.2, -0.15) is 0 Å². The van der Waals surface area contributed by atoms with E-state index < -0.39 is 7.75 Å². The highest BCUT2D eigenvalue weighted by Crippen LogP contribution is 2.35. The van der Waals surface area contributed by atoms with E-state index >= 15 is 0 Å². The van der Waals surface area contributed by atoms with Gasteiger partial charge in [0.1, 0.15) is 0 Å². The van der Waals surface area contributed by atoms with E-state index in [1.165, 1.54) is 0 Å². The van der Waals surface area contributed by atoms with Gasteiger partial charge in [0.15, 0.2) is 0 Å². The zero-order valence-electron chi connectivity index (χ0n) is 6.06. The Morgan fingerprint density at radius 1 is 1.64 bits per heavy atom. The minimum atomic E-state index is -3.72. The molecule has 0 saturated carbocycles. The van der Waals surface area contributed by atoms with Gasteiger partial charge >= 0.3 is 7.75 Å². The van der Waals surface area contributed by atoms with Crippen LogP contribution in [0.15, 0.2) is 0 Å². The Morgan fingerprint density at radius 2 is 2.27 bits per heavy atom. The van der Waals surface area contributed by atoms with Crippen molar-refractivity contribution >= 4 is 7.75 Å². The molecule has 0 aromatic rings. The Bertz CT molecular complexity index is 130. The maximum absolute atomic E-state index is 10.8. The summed E-state index contributed by atoms with van der Waals surface area (Å²) in [7, 11) is -3.72. The molecule has 0 aromatic carbocycles. The molecule has 0 amide bonds. The van der Waals surface area contributed by atoms with E-state index in [1.54, 1.807) is 0 Å². The van der Waals surface area contributed by atoms with Gasteiger partial charge in [0.2, 0.25) is 0 Å². The van der Waals surface area contributed by atoms with Crippen molar-refractivity contribution in [3.63, 3.8) is 0 Å². The summed E-state index contributed by atoms with van der Waals surface area (Å²) in [5.74, 6) is 0. The van der Waals surface area contributed by atoms with Gasteiger partial charge in [-0.25, -0.2) is 9.65 Å². The molecular formula is C4H13N2O4P. The molecule has 11 heavy (non-hydrogen) atoms. The first-order chi connectivity index (χ1) is 5.12. The number of nitrogens with one attached hydrogen (secondary N) is 1. The number of aliphatic hydroxyl groups excluding tert-OH is 1. The van der Waals surface area contributed by atoms with Crippen molar-refractivity contribution in [2.24, 2.45) is 5.73 Å². The van der Waals surface area contributed by atoms with Crippen LogP contribution in [0.5, 0.6) is 0 Å². The van der Waals surface area contributed by atoms with Crippen molar-refractivity contribution in [2.75, 3.05) is 26.3 Å². The molecule has 0 fully saturated rings. The van der Waals surface area contributed by atoms with Gasteiger partial charge in [0.05, 0.1) is 13.2 Å². The molecule has 1 atom stereocenters. The van der Waals surface area contributed by atoms with Crippen LogP contribution in [0.3, 0.4) is 0 Å². The number of rotatable bonds is 6. The van der Waals surface area contributed by atoms with Crippen LogP contribution in [0, 0.1) is 0 Å². The summed E-state index contributed by atoms with van der Waals surface area (Å²) in [4.78, 5) is 8.83. The van der Waals surface area contributed by atoms with E-state index in [-0.39, 0.29) is 26.3 Å². The van der Waals surface area contributed by atoms with E-state index in [0.717, 1.165) is 0 Å². The Balaban J connectivity index is 3.53. The highest BCUT2D eigenvalue weighted by atomic mass is 31.2. The van der Waals surface area contributed by atoms with Gasteiger partial charge in [-0.15, -0.1) is 0 Å². The van der Waals surface area contributed by atoms with Gasteiger partial charge < -0.3 is 15.7 Å². The fraction of sp³-hybridized carbons (Fsp3) is 1.00. The monoisotopic (exact) mass is 184 g/mol. The summed E-state index contributed by atoms with van der Waals surface area (Å²) in [6.07, 6.45) is 0. The first kappa shape index (κ1) is 11.0. The molecule has 0 heterocycles. The van der Waals surface area contributed by atoms with Crippen molar-refractivity contribution in [1.29, 1.82) is 0 Å². The number of hydrogen-bond donors (Lipinski definition) is 4. The predicted molar refractivity (Wildman–Crippen MR) is 39.9 cm³/mol. The SMILES string of the molecule is NCCOP(=O)(O)NCCO. The Labute approximate surface area is 64.9 Å². The van der Waals surface area contributed by atoms with Gasteiger partial charge in [-0.3, -0.25) is 4.52 Å². The van der Waals surface area contributed by atoms with Crippen LogP contribution in [-0.2, 0) is 9.09 Å². The van der Waals surface area contributed by atoms with E-state index in [4.69, 9.17) is 15.7 Å². The minimum Gasteiger partial charge on any atom is -0.395 e. The number of aliphatic hydroxyl groups is 1. The minimum absolute atomic E-state index is 0.0200. The fourth-order valence-electron chi connectivity index (χ4n) is 0.413. The molecule has 0 spiro atoms. The van der Waals surface area contributed by atoms with Crippen LogP contribution in [0.4, 0.5) is 0 Å². The Hall–Kier alpha value is 0.0300. The van der Waals surface area contributed by atoms with Gasteiger partial charge in [0.25, 0.3) is 0 Å². The van der Waals surface area contributed by atoms with Crippen molar-refractivity contribution < 1.29 is 19.1 Å². The lowest BCUT2D eigenvalue weighted by atomic mass is 10.8. The summed E-state index contributed by atoms with van der Waals surface area (Å²) in [5, 5.41) is 10.4. The maximum atomic E-state index is 10.8. The van der Waals surface area contributed by atoms with Crippen LogP contribution < -0.4 is 10.8 Å². The molecule has 0 aliphatic carbocycles. The van der Waals surface area contributed by atoms with E-state index in [1.807, 2.05) is 0 Å². The fourth-order valence-corrected chi connectivity index (χ4v) is 1.24. The summed E-state index contributed by atoms with van der Waals surface area (Å²) < 4.78 is 15.2. The van der Waals surface area contributed by atoms with Crippen LogP contribution in [-0.4, -0.2) is 36.3 Å². The maximum Gasteiger partial charge on any atom is 0.403 e. The lowest BCUT2D eigenvalue weighted by Crippen LogP contribution is -2.18. The smallest absolute Gasteiger partial charge is 0.395 e. The predicted octanol–water partition coefficient (Wildman–Crippen LogP) is -1.36. The molecule has 68 valence electrons. The molecule has 7 heteroatoms. The zero-order valence-corrected chi connectivity index (χ0v) is 6.96. The summed E-state index contributed by atoms with van der Waals surface area (Å²) in [5.41, 5.74) is 5.03. The zero-order chi connectivity index (χ0) is 8.74. The first-order valence-electron chi connectivity index (χ1n) is 3.16. The van der Waals surface area contributed by atoms with Crippen LogP contribution >= 0.6 is 7.75 Å². The third-order valence-corrected chi connectivity index (χ3v) is 1.96. The highest BCUT2D eigenvalue weighted by Gasteiger charge is 2.16. The largest absolute Gasteiger partial charge is 0.403 e. The molecular weight excluding hydrogens is 171 g/mol. The van der Waals surface area contributed by atoms with Crippen LogP contribution in [0.1, 0.15) is 0 Å². The topological polar surface area (TPSA) is 105 Å². The molecule has 0 bridgehead atoms. The van der Waals surface area contributed by atoms with Crippen LogP contribution in [0.2, 0.25) is 0 Å². The highest BCUT2D eigenvalue weighted by molar-refractivity contribution is 7.50. The Kier molecular flexibility index (Phi) is 5.67. The van der Waals surface area contributed by atoms with Gasteiger partial charge in [-0.05, 0) is 0 Å². The van der Waals surface area contributed by atoms with E-state index in [9.17, 15) is 4.57 Å². The second kappa shape index (κ2) is 5.65.